The van der Waals surface area contributed by atoms with Crippen molar-refractivity contribution >= 4 is 28.7 Å². The third kappa shape index (κ3) is 5.67. The highest BCUT2D eigenvalue weighted by atomic mass is 16.4. The minimum atomic E-state index is -0.437. The number of benzene rings is 3. The first kappa shape index (κ1) is 31.6. The van der Waals surface area contributed by atoms with Crippen molar-refractivity contribution in [1.29, 1.82) is 0 Å². The molecule has 2 aromatic heterocycles. The van der Waals surface area contributed by atoms with E-state index in [-0.39, 0.29) is 11.8 Å². The van der Waals surface area contributed by atoms with Gasteiger partial charge < -0.3 is 8.83 Å². The van der Waals surface area contributed by atoms with Crippen LogP contribution < -0.4 is 10.6 Å². The molecule has 0 saturated carbocycles. The molecule has 238 valence electrons. The van der Waals surface area contributed by atoms with E-state index in [2.05, 4.69) is 117 Å². The van der Waals surface area contributed by atoms with Crippen molar-refractivity contribution in [3.05, 3.63) is 160 Å². The summed E-state index contributed by atoms with van der Waals surface area (Å²) in [7, 11) is 0. The molecule has 2 nitrogen and oxygen atoms in total. The van der Waals surface area contributed by atoms with E-state index in [0.29, 0.717) is 17.9 Å². The summed E-state index contributed by atoms with van der Waals surface area (Å²) in [4.78, 5) is 0. The fourth-order valence-corrected chi connectivity index (χ4v) is 7.55. The number of para-hydroxylation sites is 1. The number of fused-ring (bicyclic) bond motifs is 2. The number of hydrogen-bond acceptors (Lipinski definition) is 2. The van der Waals surface area contributed by atoms with Crippen LogP contribution in [0.1, 0.15) is 32.8 Å². The topological polar surface area (TPSA) is 26.3 Å². The zero-order valence-corrected chi connectivity index (χ0v) is 28.1. The van der Waals surface area contributed by atoms with Gasteiger partial charge in [0.15, 0.2) is 11.5 Å². The summed E-state index contributed by atoms with van der Waals surface area (Å²) in [6.45, 7) is 6.55. The van der Waals surface area contributed by atoms with Crippen molar-refractivity contribution in [2.75, 3.05) is 0 Å². The van der Waals surface area contributed by atoms with Gasteiger partial charge in [0.05, 0.1) is 0 Å². The third-order valence-electron chi connectivity index (χ3n) is 10.2. The van der Waals surface area contributed by atoms with Crippen LogP contribution in [0.15, 0.2) is 153 Å². The molecular weight excluding hydrogens is 597 g/mol. The molecule has 3 aromatic carbocycles. The zero-order valence-electron chi connectivity index (χ0n) is 28.1. The van der Waals surface area contributed by atoms with E-state index in [0.717, 1.165) is 21.6 Å². The highest BCUT2D eigenvalue weighted by Gasteiger charge is 2.47. The second kappa shape index (κ2) is 13.3. The Labute approximate surface area is 288 Å². The lowest BCUT2D eigenvalue weighted by Crippen LogP contribution is -2.40. The van der Waals surface area contributed by atoms with E-state index >= 15 is 0 Å². The molecule has 0 spiro atoms. The standard InChI is InChI=1S/C47H38O2/c1-6-9-11-24-39-32(4)47(5,38(7-2)29-37-31-45(48-42(37)8-3)44-30-35-21-14-17-27-43(35)49-44)41-26-16-15-25-40(41)46(39)36-23-18-22-34(28-36)33-19-12-10-13-20-33/h1-2,8-23,25-31,38,41H,24H2,3-5H3/b11-9-,37-29-,42-8+. The zero-order chi connectivity index (χ0) is 34.0. The first-order valence-electron chi connectivity index (χ1n) is 16.8. The summed E-state index contributed by atoms with van der Waals surface area (Å²) in [5.74, 6) is 7.06. The van der Waals surface area contributed by atoms with Gasteiger partial charge in [-0.2, -0.15) is 0 Å². The largest absolute Gasteiger partial charge is 0.453 e. The third-order valence-corrected chi connectivity index (χ3v) is 10.2. The van der Waals surface area contributed by atoms with Crippen LogP contribution in [0.25, 0.3) is 51.3 Å². The Balaban J connectivity index is 1.39. The van der Waals surface area contributed by atoms with Gasteiger partial charge in [-0.1, -0.05) is 128 Å². The molecule has 0 fully saturated rings. The Kier molecular flexibility index (Phi) is 8.57. The maximum absolute atomic E-state index is 6.52. The number of hydrogen-bond donors (Lipinski definition) is 0. The molecule has 5 aromatic rings. The quantitative estimate of drug-likeness (QED) is 0.167. The predicted molar refractivity (Wildman–Crippen MR) is 204 cm³/mol. The average Bonchev–Trinajstić information content (AvgIpc) is 3.77. The molecule has 0 amide bonds. The van der Waals surface area contributed by atoms with Crippen molar-refractivity contribution < 1.29 is 8.83 Å². The SMILES string of the molecule is C#C/C=C\CC1=C(C)C(C)(C(C#C)/C=c2/cc(-c3cc4ccccc4o3)o/c2=C/C)C2C=CC=CC2=C1c1cccc(-c2ccccc2)c1. The number of allylic oxidation sites excluding steroid dienone is 10. The van der Waals surface area contributed by atoms with Crippen LogP contribution in [0.2, 0.25) is 0 Å². The molecule has 0 aliphatic heterocycles. The molecule has 2 heteroatoms. The number of terminal acetylenes is 2. The van der Waals surface area contributed by atoms with Gasteiger partial charge in [0, 0.05) is 27.9 Å². The van der Waals surface area contributed by atoms with Crippen LogP contribution in [0, 0.1) is 41.9 Å². The molecule has 0 saturated heterocycles. The molecule has 2 aliphatic carbocycles. The smallest absolute Gasteiger partial charge is 0.170 e. The Morgan fingerprint density at radius 2 is 1.61 bits per heavy atom. The summed E-state index contributed by atoms with van der Waals surface area (Å²) in [5.41, 5.74) is 9.71. The first-order valence-corrected chi connectivity index (χ1v) is 16.8. The Morgan fingerprint density at radius 3 is 2.39 bits per heavy atom. The fourth-order valence-electron chi connectivity index (χ4n) is 7.55. The lowest BCUT2D eigenvalue weighted by molar-refractivity contribution is 0.280. The Morgan fingerprint density at radius 1 is 0.857 bits per heavy atom. The second-order valence-corrected chi connectivity index (χ2v) is 12.8. The number of furan rings is 2. The minimum Gasteiger partial charge on any atom is -0.453 e. The highest BCUT2D eigenvalue weighted by Crippen LogP contribution is 2.56. The van der Waals surface area contributed by atoms with Gasteiger partial charge in [0.1, 0.15) is 11.0 Å². The second-order valence-electron chi connectivity index (χ2n) is 12.8. The molecular formula is C47H38O2. The molecule has 2 aliphatic rings. The minimum absolute atomic E-state index is 0.0429. The van der Waals surface area contributed by atoms with Gasteiger partial charge in [-0.3, -0.25) is 0 Å². The summed E-state index contributed by atoms with van der Waals surface area (Å²) in [6, 6.07) is 31.4. The summed E-state index contributed by atoms with van der Waals surface area (Å²) < 4.78 is 12.5. The molecule has 0 bridgehead atoms. The normalized spacial score (nSPS) is 20.2. The molecule has 3 unspecified atom stereocenters. The average molecular weight is 635 g/mol. The van der Waals surface area contributed by atoms with Crippen LogP contribution >= 0.6 is 0 Å². The van der Waals surface area contributed by atoms with Crippen molar-refractivity contribution in [2.24, 2.45) is 17.3 Å². The maximum Gasteiger partial charge on any atom is 0.170 e. The number of rotatable bonds is 7. The van der Waals surface area contributed by atoms with Gasteiger partial charge >= 0.3 is 0 Å². The lowest BCUT2D eigenvalue weighted by atomic mass is 9.55. The van der Waals surface area contributed by atoms with Crippen molar-refractivity contribution in [3.8, 4) is 47.3 Å². The van der Waals surface area contributed by atoms with E-state index < -0.39 is 5.41 Å². The highest BCUT2D eigenvalue weighted by molar-refractivity contribution is 5.89. The summed E-state index contributed by atoms with van der Waals surface area (Å²) >= 11 is 0. The predicted octanol–water partition coefficient (Wildman–Crippen LogP) is 10.3. The van der Waals surface area contributed by atoms with Gasteiger partial charge in [-0.25, -0.2) is 0 Å². The maximum atomic E-state index is 6.52. The van der Waals surface area contributed by atoms with E-state index in [1.165, 1.54) is 39.0 Å². The Bertz CT molecular complexity index is 2390. The van der Waals surface area contributed by atoms with Crippen molar-refractivity contribution in [3.63, 3.8) is 0 Å². The van der Waals surface area contributed by atoms with Gasteiger partial charge in [-0.05, 0) is 90.1 Å². The first-order chi connectivity index (χ1) is 24.0. The fraction of sp³-hybridized carbons (Fsp3) is 0.149. The van der Waals surface area contributed by atoms with Crippen molar-refractivity contribution in [2.45, 2.75) is 27.2 Å². The van der Waals surface area contributed by atoms with Crippen LogP contribution in [-0.4, -0.2) is 0 Å². The molecule has 7 rings (SSSR count). The van der Waals surface area contributed by atoms with Crippen molar-refractivity contribution in [1.82, 2.24) is 0 Å². The van der Waals surface area contributed by atoms with Gasteiger partial charge in [0.2, 0.25) is 0 Å². The van der Waals surface area contributed by atoms with E-state index in [4.69, 9.17) is 21.7 Å². The van der Waals surface area contributed by atoms with Gasteiger partial charge in [0.25, 0.3) is 0 Å². The lowest BCUT2D eigenvalue weighted by Gasteiger charge is -2.47. The van der Waals surface area contributed by atoms with Crippen LogP contribution in [0.3, 0.4) is 0 Å². The summed E-state index contributed by atoms with van der Waals surface area (Å²) in [5, 5.41) is 1.98. The Hall–Kier alpha value is -5.96. The van der Waals surface area contributed by atoms with Crippen LogP contribution in [-0.2, 0) is 0 Å². The molecule has 0 N–H and O–H groups in total. The molecule has 0 radical (unpaired) electrons. The molecule has 49 heavy (non-hydrogen) atoms. The monoisotopic (exact) mass is 634 g/mol. The summed E-state index contributed by atoms with van der Waals surface area (Å²) in [6.07, 6.45) is 29.8. The molecule has 3 atom stereocenters. The van der Waals surface area contributed by atoms with E-state index in [9.17, 15) is 0 Å². The van der Waals surface area contributed by atoms with E-state index in [1.54, 1.807) is 6.08 Å². The van der Waals surface area contributed by atoms with Gasteiger partial charge in [-0.15, -0.1) is 12.8 Å². The molecule has 2 heterocycles. The van der Waals surface area contributed by atoms with Crippen LogP contribution in [0.4, 0.5) is 0 Å². The van der Waals surface area contributed by atoms with E-state index in [1.807, 2.05) is 49.4 Å². The van der Waals surface area contributed by atoms with Crippen LogP contribution in [0.5, 0.6) is 0 Å².